The van der Waals surface area contributed by atoms with Crippen molar-refractivity contribution in [1.82, 2.24) is 4.98 Å². The summed E-state index contributed by atoms with van der Waals surface area (Å²) in [5.74, 6) is 0. The van der Waals surface area contributed by atoms with Crippen molar-refractivity contribution < 1.29 is 13.2 Å². The van der Waals surface area contributed by atoms with Gasteiger partial charge in [0.15, 0.2) is 0 Å². The number of aryl methyl sites for hydroxylation is 1. The number of hydrogen-bond donors (Lipinski definition) is 1. The van der Waals surface area contributed by atoms with Gasteiger partial charge in [0, 0.05) is 23.1 Å². The molecule has 25 heavy (non-hydrogen) atoms. The maximum atomic E-state index is 13.3. The SMILES string of the molecule is C=C1CC(C)(C)c2[nH]c(=O)c(Cc3ccc(C)cc3C(F)(F)F)cc21. The Morgan fingerprint density at radius 1 is 1.20 bits per heavy atom. The fourth-order valence-electron chi connectivity index (χ4n) is 3.55. The Hall–Kier alpha value is -2.30. The third-order valence-electron chi connectivity index (χ3n) is 4.78. The number of rotatable bonds is 2. The Morgan fingerprint density at radius 3 is 2.52 bits per heavy atom. The van der Waals surface area contributed by atoms with E-state index in [9.17, 15) is 18.0 Å². The zero-order valence-corrected chi connectivity index (χ0v) is 14.5. The molecular formula is C20H20F3NO. The number of allylic oxidation sites excluding steroid dienone is 1. The van der Waals surface area contributed by atoms with Crippen LogP contribution < -0.4 is 5.56 Å². The first-order valence-corrected chi connectivity index (χ1v) is 8.10. The van der Waals surface area contributed by atoms with Crippen LogP contribution in [-0.4, -0.2) is 4.98 Å². The predicted octanol–water partition coefficient (Wildman–Crippen LogP) is 4.99. The first-order valence-electron chi connectivity index (χ1n) is 8.10. The molecule has 1 aromatic carbocycles. The molecule has 132 valence electrons. The van der Waals surface area contributed by atoms with Gasteiger partial charge < -0.3 is 4.98 Å². The van der Waals surface area contributed by atoms with Crippen LogP contribution in [-0.2, 0) is 18.0 Å². The lowest BCUT2D eigenvalue weighted by Gasteiger charge is -2.18. The van der Waals surface area contributed by atoms with Crippen LogP contribution in [0.2, 0.25) is 0 Å². The van der Waals surface area contributed by atoms with Gasteiger partial charge in [0.1, 0.15) is 0 Å². The number of H-pyrrole nitrogens is 1. The van der Waals surface area contributed by atoms with Gasteiger partial charge in [0.2, 0.25) is 0 Å². The first-order chi connectivity index (χ1) is 11.5. The third-order valence-corrected chi connectivity index (χ3v) is 4.78. The number of fused-ring (bicyclic) bond motifs is 1. The molecule has 2 nitrogen and oxygen atoms in total. The van der Waals surface area contributed by atoms with Gasteiger partial charge in [-0.05, 0) is 42.2 Å². The Kier molecular flexibility index (Phi) is 3.93. The maximum Gasteiger partial charge on any atom is 0.416 e. The summed E-state index contributed by atoms with van der Waals surface area (Å²) in [7, 11) is 0. The van der Waals surface area contributed by atoms with Crippen LogP contribution in [0.5, 0.6) is 0 Å². The van der Waals surface area contributed by atoms with Gasteiger partial charge >= 0.3 is 6.18 Å². The Balaban J connectivity index is 2.08. The van der Waals surface area contributed by atoms with Crippen molar-refractivity contribution in [1.29, 1.82) is 0 Å². The lowest BCUT2D eigenvalue weighted by molar-refractivity contribution is -0.138. The van der Waals surface area contributed by atoms with E-state index < -0.39 is 11.7 Å². The highest BCUT2D eigenvalue weighted by Gasteiger charge is 2.35. The highest BCUT2D eigenvalue weighted by Crippen LogP contribution is 2.43. The van der Waals surface area contributed by atoms with Crippen LogP contribution in [0.1, 0.15) is 53.8 Å². The van der Waals surface area contributed by atoms with E-state index >= 15 is 0 Å². The molecule has 0 fully saturated rings. The summed E-state index contributed by atoms with van der Waals surface area (Å²) < 4.78 is 39.9. The van der Waals surface area contributed by atoms with Crippen LogP contribution in [0.25, 0.3) is 5.57 Å². The molecule has 0 bridgehead atoms. The van der Waals surface area contributed by atoms with Crippen molar-refractivity contribution in [2.75, 3.05) is 0 Å². The molecule has 5 heteroatoms. The molecule has 0 radical (unpaired) electrons. The molecule has 1 heterocycles. The average molecular weight is 347 g/mol. The molecule has 3 rings (SSSR count). The van der Waals surface area contributed by atoms with Gasteiger partial charge in [-0.15, -0.1) is 0 Å². The molecule has 1 aromatic heterocycles. The van der Waals surface area contributed by atoms with Gasteiger partial charge in [0.25, 0.3) is 5.56 Å². The number of aromatic amines is 1. The van der Waals surface area contributed by atoms with Gasteiger partial charge in [-0.3, -0.25) is 4.79 Å². The molecule has 2 aromatic rings. The summed E-state index contributed by atoms with van der Waals surface area (Å²) in [6.45, 7) is 9.68. The second-order valence-electron chi connectivity index (χ2n) is 7.41. The Bertz CT molecular complexity index is 920. The van der Waals surface area contributed by atoms with Crippen LogP contribution in [0.4, 0.5) is 13.2 Å². The van der Waals surface area contributed by atoms with Crippen molar-refractivity contribution in [3.8, 4) is 0 Å². The van der Waals surface area contributed by atoms with Gasteiger partial charge in [-0.2, -0.15) is 13.2 Å². The molecule has 0 amide bonds. The van der Waals surface area contributed by atoms with Crippen LogP contribution in [0, 0.1) is 6.92 Å². The maximum absolute atomic E-state index is 13.3. The van der Waals surface area contributed by atoms with E-state index in [0.717, 1.165) is 29.3 Å². The van der Waals surface area contributed by atoms with Crippen molar-refractivity contribution in [3.63, 3.8) is 0 Å². The summed E-state index contributed by atoms with van der Waals surface area (Å²) >= 11 is 0. The monoisotopic (exact) mass is 347 g/mol. The largest absolute Gasteiger partial charge is 0.416 e. The molecule has 0 spiro atoms. The molecule has 0 saturated heterocycles. The third kappa shape index (κ3) is 3.15. The van der Waals surface area contributed by atoms with E-state index in [-0.39, 0.29) is 23.0 Å². The number of alkyl halides is 3. The summed E-state index contributed by atoms with van der Waals surface area (Å²) in [6.07, 6.45) is -3.79. The Morgan fingerprint density at radius 2 is 1.88 bits per heavy atom. The molecule has 1 aliphatic carbocycles. The number of hydrogen-bond acceptors (Lipinski definition) is 1. The van der Waals surface area contributed by atoms with Crippen molar-refractivity contribution in [2.24, 2.45) is 0 Å². The van der Waals surface area contributed by atoms with E-state index in [0.29, 0.717) is 11.1 Å². The average Bonchev–Trinajstić information content (AvgIpc) is 2.69. The van der Waals surface area contributed by atoms with E-state index in [2.05, 4.69) is 11.6 Å². The summed E-state index contributed by atoms with van der Waals surface area (Å²) in [4.78, 5) is 15.3. The molecule has 1 N–H and O–H groups in total. The number of aromatic nitrogens is 1. The molecular weight excluding hydrogens is 327 g/mol. The summed E-state index contributed by atoms with van der Waals surface area (Å²) in [5, 5.41) is 0. The molecule has 1 aliphatic rings. The summed E-state index contributed by atoms with van der Waals surface area (Å²) in [6, 6.07) is 5.90. The topological polar surface area (TPSA) is 32.9 Å². The minimum Gasteiger partial charge on any atom is -0.325 e. The zero-order valence-electron chi connectivity index (χ0n) is 14.5. The minimum atomic E-state index is -4.45. The Labute approximate surface area is 144 Å². The fourth-order valence-corrected chi connectivity index (χ4v) is 3.55. The van der Waals surface area contributed by atoms with Gasteiger partial charge in [-0.25, -0.2) is 0 Å². The number of nitrogens with one attached hydrogen (secondary N) is 1. The van der Waals surface area contributed by atoms with E-state index in [1.807, 2.05) is 13.8 Å². The second-order valence-corrected chi connectivity index (χ2v) is 7.41. The number of benzene rings is 1. The van der Waals surface area contributed by atoms with Crippen LogP contribution >= 0.6 is 0 Å². The van der Waals surface area contributed by atoms with Crippen molar-refractivity contribution >= 4 is 5.57 Å². The standard InChI is InChI=1S/C20H20F3NO/c1-11-5-6-13(16(7-11)20(21,22)23)8-14-9-15-12(2)10-19(3,4)17(15)24-18(14)25/h5-7,9H,2,8,10H2,1,3-4H3,(H,24,25). The van der Waals surface area contributed by atoms with E-state index in [4.69, 9.17) is 0 Å². The molecule has 0 saturated carbocycles. The lowest BCUT2D eigenvalue weighted by atomic mass is 9.90. The highest BCUT2D eigenvalue weighted by atomic mass is 19.4. The number of halogens is 3. The normalized spacial score (nSPS) is 16.2. The van der Waals surface area contributed by atoms with Crippen LogP contribution in [0.15, 0.2) is 35.6 Å². The zero-order chi connectivity index (χ0) is 18.6. The molecule has 0 unspecified atom stereocenters. The summed E-state index contributed by atoms with van der Waals surface area (Å²) in [5.41, 5.74) is 2.28. The number of pyridine rings is 1. The lowest BCUT2D eigenvalue weighted by Crippen LogP contribution is -2.22. The molecule has 0 aliphatic heterocycles. The van der Waals surface area contributed by atoms with Gasteiger partial charge in [-0.1, -0.05) is 38.1 Å². The van der Waals surface area contributed by atoms with Crippen molar-refractivity contribution in [3.05, 3.63) is 74.7 Å². The minimum absolute atomic E-state index is 0.0640. The quantitative estimate of drug-likeness (QED) is 0.816. The predicted molar refractivity (Wildman–Crippen MR) is 92.7 cm³/mol. The van der Waals surface area contributed by atoms with Gasteiger partial charge in [0.05, 0.1) is 5.56 Å². The molecule has 0 atom stereocenters. The van der Waals surface area contributed by atoms with Crippen molar-refractivity contribution in [2.45, 2.75) is 45.2 Å². The smallest absolute Gasteiger partial charge is 0.325 e. The van der Waals surface area contributed by atoms with Crippen LogP contribution in [0.3, 0.4) is 0 Å². The second kappa shape index (κ2) is 5.61. The van der Waals surface area contributed by atoms with E-state index in [1.54, 1.807) is 19.1 Å². The van der Waals surface area contributed by atoms with E-state index in [1.165, 1.54) is 6.07 Å². The fraction of sp³-hybridized carbons (Fsp3) is 0.350. The first kappa shape index (κ1) is 17.5. The highest BCUT2D eigenvalue weighted by molar-refractivity contribution is 5.72.